The van der Waals surface area contributed by atoms with Crippen LogP contribution in [0.1, 0.15) is 24.8 Å². The molecule has 1 aliphatic carbocycles. The van der Waals surface area contributed by atoms with Crippen LogP contribution in [0.3, 0.4) is 0 Å². The van der Waals surface area contributed by atoms with E-state index < -0.39 is 17.1 Å². The van der Waals surface area contributed by atoms with Crippen LogP contribution in [0.2, 0.25) is 0 Å². The fourth-order valence-electron chi connectivity index (χ4n) is 5.28. The highest BCUT2D eigenvalue weighted by molar-refractivity contribution is 6.16. The number of carbonyl (C=O) groups is 2. The minimum absolute atomic E-state index is 0.0972. The first-order valence-corrected chi connectivity index (χ1v) is 15.3. The van der Waals surface area contributed by atoms with E-state index in [4.69, 9.17) is 18.9 Å². The maximum Gasteiger partial charge on any atom is 0.240 e. The molecule has 0 unspecified atom stereocenters. The van der Waals surface area contributed by atoms with E-state index in [0.717, 1.165) is 50.9 Å². The molecule has 2 amide bonds. The molecule has 11 nitrogen and oxygen atoms in total. The van der Waals surface area contributed by atoms with Crippen molar-refractivity contribution in [2.45, 2.75) is 26.2 Å². The summed E-state index contributed by atoms with van der Waals surface area (Å²) in [4.78, 5) is 36.9. The highest BCUT2D eigenvalue weighted by Crippen LogP contribution is 2.47. The molecule has 240 valence electrons. The summed E-state index contributed by atoms with van der Waals surface area (Å²) in [5.74, 6) is -0.551. The summed E-state index contributed by atoms with van der Waals surface area (Å²) < 4.78 is 38.2. The number of fused-ring (bicyclic) bond motifs is 1. The zero-order valence-corrected chi connectivity index (χ0v) is 25.8. The van der Waals surface area contributed by atoms with E-state index in [0.29, 0.717) is 47.5 Å². The van der Waals surface area contributed by atoms with Gasteiger partial charge in [0.1, 0.15) is 11.7 Å². The molecule has 2 aliphatic rings. The number of nitrogens with one attached hydrogen (secondary N) is 2. The van der Waals surface area contributed by atoms with Crippen molar-refractivity contribution in [1.29, 1.82) is 0 Å². The summed E-state index contributed by atoms with van der Waals surface area (Å²) in [6, 6.07) is 14.8. The van der Waals surface area contributed by atoms with Gasteiger partial charge < -0.3 is 29.6 Å². The lowest BCUT2D eigenvalue weighted by Crippen LogP contribution is -2.37. The van der Waals surface area contributed by atoms with Crippen LogP contribution in [-0.4, -0.2) is 73.2 Å². The van der Waals surface area contributed by atoms with Crippen LogP contribution in [0.25, 0.3) is 10.9 Å². The number of anilines is 2. The molecule has 2 fully saturated rings. The molecule has 6 rings (SSSR count). The van der Waals surface area contributed by atoms with Gasteiger partial charge in [-0.05, 0) is 56.5 Å². The fourth-order valence-corrected chi connectivity index (χ4v) is 5.28. The topological polar surface area (TPSA) is 124 Å². The number of hydrogen-bond acceptors (Lipinski definition) is 9. The number of benzene rings is 3. The molecule has 12 heteroatoms. The molecule has 1 aliphatic heterocycles. The molecule has 1 saturated heterocycles. The van der Waals surface area contributed by atoms with Crippen molar-refractivity contribution >= 4 is 34.1 Å². The van der Waals surface area contributed by atoms with E-state index in [1.54, 1.807) is 31.4 Å². The van der Waals surface area contributed by atoms with Crippen LogP contribution >= 0.6 is 0 Å². The van der Waals surface area contributed by atoms with Crippen molar-refractivity contribution in [3.05, 3.63) is 72.3 Å². The van der Waals surface area contributed by atoms with Gasteiger partial charge in [0, 0.05) is 43.1 Å². The number of hydrogen-bond donors (Lipinski definition) is 2. The van der Waals surface area contributed by atoms with Crippen LogP contribution in [0.4, 0.5) is 15.8 Å². The molecule has 0 spiro atoms. The van der Waals surface area contributed by atoms with Crippen molar-refractivity contribution in [2.24, 2.45) is 5.41 Å². The third-order valence-electron chi connectivity index (χ3n) is 8.19. The van der Waals surface area contributed by atoms with E-state index in [1.807, 2.05) is 19.1 Å². The quantitative estimate of drug-likeness (QED) is 0.158. The molecule has 3 aromatic carbocycles. The Morgan fingerprint density at radius 1 is 0.935 bits per heavy atom. The maximum absolute atomic E-state index is 15.3. The number of ether oxygens (including phenoxy) is 4. The highest BCUT2D eigenvalue weighted by Gasteiger charge is 2.56. The SMILES string of the molecule is COc1cc2ncnc(Oc3ccc(NC(=O)C4(C(=O)Nc5ccc(C)cc5)CC4)cc3F)c2cc1OCCCN1CCOCC1. The van der Waals surface area contributed by atoms with E-state index >= 15 is 4.39 Å². The Bertz CT molecular complexity index is 1720. The zero-order chi connectivity index (χ0) is 32.1. The van der Waals surface area contributed by atoms with Gasteiger partial charge in [-0.25, -0.2) is 14.4 Å². The monoisotopic (exact) mass is 629 g/mol. The van der Waals surface area contributed by atoms with Crippen LogP contribution in [0.15, 0.2) is 60.9 Å². The lowest BCUT2D eigenvalue weighted by atomic mass is 10.0. The van der Waals surface area contributed by atoms with E-state index in [2.05, 4.69) is 25.5 Å². The lowest BCUT2D eigenvalue weighted by molar-refractivity contribution is -0.131. The van der Waals surface area contributed by atoms with E-state index in [9.17, 15) is 9.59 Å². The third kappa shape index (κ3) is 7.03. The minimum atomic E-state index is -1.19. The van der Waals surface area contributed by atoms with E-state index in [1.165, 1.54) is 18.5 Å². The van der Waals surface area contributed by atoms with Crippen LogP contribution in [0.5, 0.6) is 23.1 Å². The van der Waals surface area contributed by atoms with Gasteiger partial charge in [0.2, 0.25) is 17.7 Å². The number of aromatic nitrogens is 2. The Labute approximate surface area is 266 Å². The second-order valence-corrected chi connectivity index (χ2v) is 11.5. The normalized spacial score (nSPS) is 15.6. The van der Waals surface area contributed by atoms with Crippen molar-refractivity contribution in [2.75, 3.05) is 57.2 Å². The number of halogens is 1. The molecule has 2 heterocycles. The van der Waals surface area contributed by atoms with Crippen molar-refractivity contribution in [1.82, 2.24) is 14.9 Å². The number of amides is 2. The summed E-state index contributed by atoms with van der Waals surface area (Å²) in [5, 5.41) is 6.01. The van der Waals surface area contributed by atoms with Gasteiger partial charge in [-0.1, -0.05) is 17.7 Å². The number of nitrogens with zero attached hydrogens (tertiary/aromatic N) is 3. The Morgan fingerprint density at radius 2 is 1.65 bits per heavy atom. The maximum atomic E-state index is 15.3. The number of methoxy groups -OCH3 is 1. The molecule has 2 N–H and O–H groups in total. The molecule has 0 radical (unpaired) electrons. The zero-order valence-electron chi connectivity index (χ0n) is 25.8. The first-order chi connectivity index (χ1) is 22.3. The van der Waals surface area contributed by atoms with Gasteiger partial charge in [-0.3, -0.25) is 14.5 Å². The van der Waals surface area contributed by atoms with Gasteiger partial charge in [0.15, 0.2) is 23.1 Å². The first-order valence-electron chi connectivity index (χ1n) is 15.3. The summed E-state index contributed by atoms with van der Waals surface area (Å²) in [6.45, 7) is 6.63. The van der Waals surface area contributed by atoms with Gasteiger partial charge in [-0.15, -0.1) is 0 Å². The number of morpholine rings is 1. The molecule has 0 atom stereocenters. The van der Waals surface area contributed by atoms with Gasteiger partial charge >= 0.3 is 0 Å². The van der Waals surface area contributed by atoms with Gasteiger partial charge in [-0.2, -0.15) is 0 Å². The molecule has 0 bridgehead atoms. The molecule has 46 heavy (non-hydrogen) atoms. The molecular weight excluding hydrogens is 593 g/mol. The van der Waals surface area contributed by atoms with Crippen molar-refractivity contribution < 1.29 is 32.9 Å². The van der Waals surface area contributed by atoms with Crippen molar-refractivity contribution in [3.8, 4) is 23.1 Å². The second kappa shape index (κ2) is 13.7. The summed E-state index contributed by atoms with van der Waals surface area (Å²) in [5.41, 5.74) is 1.21. The van der Waals surface area contributed by atoms with Gasteiger partial charge in [0.05, 0.1) is 37.8 Å². The summed E-state index contributed by atoms with van der Waals surface area (Å²) >= 11 is 0. The van der Waals surface area contributed by atoms with Crippen molar-refractivity contribution in [3.63, 3.8) is 0 Å². The van der Waals surface area contributed by atoms with E-state index in [-0.39, 0.29) is 23.2 Å². The standard InChI is InChI=1S/C34H36FN5O6/c1-22-4-6-23(7-5-22)38-32(41)34(10-11-34)33(42)39-24-8-9-28(26(35)18-24)46-31-25-19-30(29(43-2)20-27(25)36-21-37-31)45-15-3-12-40-13-16-44-17-14-40/h4-9,18-21H,3,10-17H2,1-2H3,(H,38,41)(H,39,42). The number of aryl methyl sites for hydroxylation is 1. The van der Waals surface area contributed by atoms with Crippen LogP contribution in [0, 0.1) is 18.2 Å². The molecule has 4 aromatic rings. The van der Waals surface area contributed by atoms with Gasteiger partial charge in [0.25, 0.3) is 0 Å². The third-order valence-corrected chi connectivity index (χ3v) is 8.19. The largest absolute Gasteiger partial charge is 0.493 e. The molecular formula is C34H36FN5O6. The van der Waals surface area contributed by atoms with Crippen LogP contribution < -0.4 is 24.8 Å². The summed E-state index contributed by atoms with van der Waals surface area (Å²) in [6.07, 6.45) is 2.96. The average molecular weight is 630 g/mol. The average Bonchev–Trinajstić information content (AvgIpc) is 3.88. The Hall–Kier alpha value is -4.81. The Balaban J connectivity index is 1.12. The Kier molecular flexibility index (Phi) is 9.27. The fraction of sp³-hybridized carbons (Fsp3) is 0.353. The number of rotatable bonds is 12. The molecule has 1 aromatic heterocycles. The Morgan fingerprint density at radius 3 is 2.35 bits per heavy atom. The van der Waals surface area contributed by atoms with Crippen LogP contribution in [-0.2, 0) is 14.3 Å². The highest BCUT2D eigenvalue weighted by atomic mass is 19.1. The smallest absolute Gasteiger partial charge is 0.240 e. The minimum Gasteiger partial charge on any atom is -0.493 e. The summed E-state index contributed by atoms with van der Waals surface area (Å²) in [7, 11) is 1.55. The predicted molar refractivity (Wildman–Crippen MR) is 170 cm³/mol. The number of carbonyl (C=O) groups excluding carboxylic acids is 2. The second-order valence-electron chi connectivity index (χ2n) is 11.5. The molecule has 1 saturated carbocycles. The lowest BCUT2D eigenvalue weighted by Gasteiger charge is -2.26. The predicted octanol–water partition coefficient (Wildman–Crippen LogP) is 5.34. The first kappa shape index (κ1) is 31.2.